The largest absolute Gasteiger partial charge is 0.493 e. The summed E-state index contributed by atoms with van der Waals surface area (Å²) in [5.41, 5.74) is 4.27. The summed E-state index contributed by atoms with van der Waals surface area (Å²) in [5, 5.41) is 14.0. The molecule has 0 fully saturated rings. The predicted molar refractivity (Wildman–Crippen MR) is 102 cm³/mol. The Labute approximate surface area is 156 Å². The molecule has 27 heavy (non-hydrogen) atoms. The third kappa shape index (κ3) is 3.79. The van der Waals surface area contributed by atoms with Crippen LogP contribution in [0, 0.1) is 0 Å². The zero-order chi connectivity index (χ0) is 18.5. The Kier molecular flexibility index (Phi) is 4.78. The standard InChI is InChI=1S/C21H18N4O2/c1-26-20-13-18(21-22-24-25-23-21)11-12-19(20)27-14-15-7-9-17(10-8-15)16-5-3-2-4-6-16/h2-13H,14H2,1H3,(H,22,23,24,25). The molecule has 0 spiro atoms. The maximum Gasteiger partial charge on any atom is 0.204 e. The zero-order valence-electron chi connectivity index (χ0n) is 14.8. The first-order chi connectivity index (χ1) is 13.3. The second-order valence-electron chi connectivity index (χ2n) is 5.95. The van der Waals surface area contributed by atoms with Gasteiger partial charge in [-0.05, 0) is 40.1 Å². The molecule has 4 rings (SSSR count). The molecule has 0 amide bonds. The third-order valence-electron chi connectivity index (χ3n) is 4.22. The number of rotatable bonds is 6. The molecule has 0 radical (unpaired) electrons. The molecule has 1 aromatic heterocycles. The highest BCUT2D eigenvalue weighted by Crippen LogP contribution is 2.31. The number of hydrogen-bond acceptors (Lipinski definition) is 5. The van der Waals surface area contributed by atoms with Gasteiger partial charge >= 0.3 is 0 Å². The minimum absolute atomic E-state index is 0.451. The van der Waals surface area contributed by atoms with E-state index in [2.05, 4.69) is 57.0 Å². The van der Waals surface area contributed by atoms with Crippen LogP contribution in [0.2, 0.25) is 0 Å². The molecule has 0 aliphatic rings. The van der Waals surface area contributed by atoms with Gasteiger partial charge in [-0.1, -0.05) is 54.6 Å². The fraction of sp³-hybridized carbons (Fsp3) is 0.0952. The SMILES string of the molecule is COc1cc(-c2nn[nH]n2)ccc1OCc1ccc(-c2ccccc2)cc1. The van der Waals surface area contributed by atoms with Crippen molar-refractivity contribution >= 4 is 0 Å². The Bertz CT molecular complexity index is 1000. The van der Waals surface area contributed by atoms with Crippen molar-refractivity contribution in [3.8, 4) is 34.0 Å². The summed E-state index contributed by atoms with van der Waals surface area (Å²) in [4.78, 5) is 0. The van der Waals surface area contributed by atoms with Crippen LogP contribution in [0.1, 0.15) is 5.56 Å². The smallest absolute Gasteiger partial charge is 0.204 e. The molecule has 3 aromatic carbocycles. The number of nitrogens with one attached hydrogen (secondary N) is 1. The van der Waals surface area contributed by atoms with Crippen LogP contribution in [0.5, 0.6) is 11.5 Å². The number of benzene rings is 3. The number of nitrogens with zero attached hydrogens (tertiary/aromatic N) is 3. The third-order valence-corrected chi connectivity index (χ3v) is 4.22. The van der Waals surface area contributed by atoms with Crippen LogP contribution in [-0.2, 0) is 6.61 Å². The highest BCUT2D eigenvalue weighted by molar-refractivity contribution is 5.63. The van der Waals surface area contributed by atoms with E-state index in [0.29, 0.717) is 23.9 Å². The van der Waals surface area contributed by atoms with Crippen molar-refractivity contribution in [3.05, 3.63) is 78.4 Å². The van der Waals surface area contributed by atoms with Crippen LogP contribution in [0.25, 0.3) is 22.5 Å². The van der Waals surface area contributed by atoms with E-state index in [1.165, 1.54) is 11.1 Å². The van der Waals surface area contributed by atoms with Crippen LogP contribution in [0.15, 0.2) is 72.8 Å². The van der Waals surface area contributed by atoms with Gasteiger partial charge in [-0.15, -0.1) is 10.2 Å². The number of ether oxygens (including phenoxy) is 2. The summed E-state index contributed by atoms with van der Waals surface area (Å²) < 4.78 is 11.4. The first-order valence-electron chi connectivity index (χ1n) is 8.52. The lowest BCUT2D eigenvalue weighted by atomic mass is 10.0. The highest BCUT2D eigenvalue weighted by Gasteiger charge is 2.10. The summed E-state index contributed by atoms with van der Waals surface area (Å²) in [5.74, 6) is 1.80. The van der Waals surface area contributed by atoms with E-state index in [1.54, 1.807) is 7.11 Å². The Morgan fingerprint density at radius 2 is 1.56 bits per heavy atom. The molecule has 0 aliphatic carbocycles. The molecule has 1 heterocycles. The lowest BCUT2D eigenvalue weighted by Gasteiger charge is -2.12. The quantitative estimate of drug-likeness (QED) is 0.561. The van der Waals surface area contributed by atoms with E-state index in [-0.39, 0.29) is 0 Å². The number of aromatic amines is 1. The Hall–Kier alpha value is -3.67. The van der Waals surface area contributed by atoms with Crippen molar-refractivity contribution in [1.29, 1.82) is 0 Å². The van der Waals surface area contributed by atoms with Crippen molar-refractivity contribution in [3.63, 3.8) is 0 Å². The molecule has 6 nitrogen and oxygen atoms in total. The Morgan fingerprint density at radius 1 is 0.815 bits per heavy atom. The molecule has 0 bridgehead atoms. The summed E-state index contributed by atoms with van der Waals surface area (Å²) in [6.07, 6.45) is 0. The van der Waals surface area contributed by atoms with Crippen LogP contribution >= 0.6 is 0 Å². The number of H-pyrrole nitrogens is 1. The molecule has 0 atom stereocenters. The molecule has 0 saturated heterocycles. The first-order valence-corrected chi connectivity index (χ1v) is 8.52. The fourth-order valence-corrected chi connectivity index (χ4v) is 2.80. The molecule has 1 N–H and O–H groups in total. The van der Waals surface area contributed by atoms with Gasteiger partial charge in [0.1, 0.15) is 6.61 Å². The zero-order valence-corrected chi connectivity index (χ0v) is 14.8. The minimum atomic E-state index is 0.451. The lowest BCUT2D eigenvalue weighted by molar-refractivity contribution is 0.284. The Balaban J connectivity index is 1.47. The van der Waals surface area contributed by atoms with E-state index in [0.717, 1.165) is 11.1 Å². The van der Waals surface area contributed by atoms with Crippen LogP contribution in [-0.4, -0.2) is 27.7 Å². The summed E-state index contributed by atoms with van der Waals surface area (Å²) in [6, 6.07) is 24.2. The monoisotopic (exact) mass is 358 g/mol. The predicted octanol–water partition coefficient (Wildman–Crippen LogP) is 4.12. The van der Waals surface area contributed by atoms with E-state index in [4.69, 9.17) is 9.47 Å². The molecular weight excluding hydrogens is 340 g/mol. The van der Waals surface area contributed by atoms with Gasteiger partial charge in [0, 0.05) is 5.56 Å². The fourth-order valence-electron chi connectivity index (χ4n) is 2.80. The van der Waals surface area contributed by atoms with Gasteiger partial charge in [0.05, 0.1) is 7.11 Å². The number of aromatic nitrogens is 4. The van der Waals surface area contributed by atoms with Gasteiger partial charge in [0.2, 0.25) is 5.82 Å². The number of hydrogen-bond donors (Lipinski definition) is 1. The molecule has 4 aromatic rings. The topological polar surface area (TPSA) is 72.9 Å². The van der Waals surface area contributed by atoms with Gasteiger partial charge in [-0.3, -0.25) is 0 Å². The van der Waals surface area contributed by atoms with E-state index in [9.17, 15) is 0 Å². The van der Waals surface area contributed by atoms with Gasteiger partial charge in [0.25, 0.3) is 0 Å². The van der Waals surface area contributed by atoms with Crippen LogP contribution < -0.4 is 9.47 Å². The van der Waals surface area contributed by atoms with Crippen molar-refractivity contribution < 1.29 is 9.47 Å². The normalized spacial score (nSPS) is 10.6. The van der Waals surface area contributed by atoms with Crippen molar-refractivity contribution in [2.45, 2.75) is 6.61 Å². The molecular formula is C21H18N4O2. The van der Waals surface area contributed by atoms with Gasteiger partial charge in [-0.25, -0.2) is 0 Å². The van der Waals surface area contributed by atoms with Crippen LogP contribution in [0.4, 0.5) is 0 Å². The molecule has 0 saturated carbocycles. The number of tetrazole rings is 1. The first kappa shape index (κ1) is 16.8. The second-order valence-corrected chi connectivity index (χ2v) is 5.95. The number of methoxy groups -OCH3 is 1. The van der Waals surface area contributed by atoms with Gasteiger partial charge in [-0.2, -0.15) is 5.21 Å². The Morgan fingerprint density at radius 3 is 2.26 bits per heavy atom. The summed E-state index contributed by atoms with van der Waals surface area (Å²) >= 11 is 0. The maximum absolute atomic E-state index is 5.94. The average molecular weight is 358 g/mol. The van der Waals surface area contributed by atoms with Crippen molar-refractivity contribution in [2.24, 2.45) is 0 Å². The van der Waals surface area contributed by atoms with E-state index in [1.807, 2.05) is 36.4 Å². The molecule has 134 valence electrons. The lowest BCUT2D eigenvalue weighted by Crippen LogP contribution is -1.98. The van der Waals surface area contributed by atoms with Crippen molar-refractivity contribution in [1.82, 2.24) is 20.6 Å². The van der Waals surface area contributed by atoms with E-state index >= 15 is 0 Å². The minimum Gasteiger partial charge on any atom is -0.493 e. The second kappa shape index (κ2) is 7.70. The average Bonchev–Trinajstić information content (AvgIpc) is 3.28. The van der Waals surface area contributed by atoms with Crippen LogP contribution in [0.3, 0.4) is 0 Å². The summed E-state index contributed by atoms with van der Waals surface area (Å²) in [7, 11) is 1.61. The molecule has 0 aliphatic heterocycles. The highest BCUT2D eigenvalue weighted by atomic mass is 16.5. The van der Waals surface area contributed by atoms with E-state index < -0.39 is 0 Å². The maximum atomic E-state index is 5.94. The summed E-state index contributed by atoms with van der Waals surface area (Å²) in [6.45, 7) is 0.451. The van der Waals surface area contributed by atoms with Crippen molar-refractivity contribution in [2.75, 3.05) is 7.11 Å². The molecule has 0 unspecified atom stereocenters. The molecule has 6 heteroatoms. The van der Waals surface area contributed by atoms with Gasteiger partial charge < -0.3 is 9.47 Å². The van der Waals surface area contributed by atoms with Gasteiger partial charge in [0.15, 0.2) is 11.5 Å².